The van der Waals surface area contributed by atoms with Crippen molar-refractivity contribution in [2.75, 3.05) is 0 Å². The maximum absolute atomic E-state index is 8.74. The minimum Gasteiger partial charge on any atom is -0.264 e. The van der Waals surface area contributed by atoms with Crippen molar-refractivity contribution in [3.8, 4) is 0 Å². The molecule has 0 bridgehead atoms. The molecule has 0 aliphatic heterocycles. The molecule has 78 valence electrons. The Morgan fingerprint density at radius 2 is 1.46 bits per heavy atom. The molecule has 0 spiro atoms. The summed E-state index contributed by atoms with van der Waals surface area (Å²) in [7, 11) is -4.67. The molecule has 6 heteroatoms. The van der Waals surface area contributed by atoms with E-state index in [1.807, 2.05) is 12.2 Å². The fourth-order valence-corrected chi connectivity index (χ4v) is 1.18. The Hall–Kier alpha value is 0.0800. The van der Waals surface area contributed by atoms with E-state index >= 15 is 0 Å². The molecule has 13 heavy (non-hydrogen) atoms. The van der Waals surface area contributed by atoms with Crippen molar-refractivity contribution in [2.24, 2.45) is 0 Å². The Morgan fingerprint density at radius 1 is 1.23 bits per heavy atom. The Balaban J connectivity index is 0. The highest BCUT2D eigenvalue weighted by Gasteiger charge is 1.94. The number of hydrogen-bond acceptors (Lipinski definition) is 2. The van der Waals surface area contributed by atoms with Crippen LogP contribution < -0.4 is 0 Å². The molecule has 0 saturated heterocycles. The highest BCUT2D eigenvalue weighted by molar-refractivity contribution is 14.1. The number of allylic oxidation sites excluding steroid dienone is 2. The zero-order valence-electron chi connectivity index (χ0n) is 7.06. The highest BCUT2D eigenvalue weighted by Crippen LogP contribution is 2.10. The molecular weight excluding hydrogens is 307 g/mol. The van der Waals surface area contributed by atoms with Gasteiger partial charge in [0.2, 0.25) is 0 Å². The van der Waals surface area contributed by atoms with Crippen LogP contribution in [-0.4, -0.2) is 21.4 Å². The maximum atomic E-state index is 8.74. The summed E-state index contributed by atoms with van der Waals surface area (Å²) in [6, 6.07) is 0. The zero-order chi connectivity index (χ0) is 10.9. The van der Waals surface area contributed by atoms with E-state index < -0.39 is 10.4 Å². The van der Waals surface area contributed by atoms with Crippen molar-refractivity contribution in [1.29, 1.82) is 0 Å². The summed E-state index contributed by atoms with van der Waals surface area (Å²) in [5, 5.41) is 0. The summed E-state index contributed by atoms with van der Waals surface area (Å²) >= 11 is 2.40. The molecule has 0 atom stereocenters. The lowest BCUT2D eigenvalue weighted by molar-refractivity contribution is 0.381. The number of rotatable bonds is 4. The Labute approximate surface area is 92.4 Å². The molecule has 0 rings (SSSR count). The summed E-state index contributed by atoms with van der Waals surface area (Å²) in [5.74, 6) is 0. The van der Waals surface area contributed by atoms with E-state index in [-0.39, 0.29) is 0 Å². The van der Waals surface area contributed by atoms with Gasteiger partial charge in [0.15, 0.2) is 0 Å². The number of halogens is 1. The van der Waals surface area contributed by atoms with Gasteiger partial charge in [0.05, 0.1) is 0 Å². The van der Waals surface area contributed by atoms with E-state index in [2.05, 4.69) is 35.7 Å². The first-order valence-corrected chi connectivity index (χ1v) is 6.01. The fourth-order valence-electron chi connectivity index (χ4n) is 0.458. The van der Waals surface area contributed by atoms with E-state index in [9.17, 15) is 0 Å². The van der Waals surface area contributed by atoms with Gasteiger partial charge in [-0.3, -0.25) is 9.11 Å². The minimum atomic E-state index is -4.67. The second-order valence-electron chi connectivity index (χ2n) is 2.09. The minimum absolute atomic E-state index is 0.697. The number of hydrogen-bond donors (Lipinski definition) is 2. The van der Waals surface area contributed by atoms with Gasteiger partial charge in [0.1, 0.15) is 0 Å². The van der Waals surface area contributed by atoms with Crippen LogP contribution in [0.1, 0.15) is 12.8 Å². The predicted octanol–water partition coefficient (Wildman–Crippen LogP) is 2.29. The highest BCUT2D eigenvalue weighted by atomic mass is 127. The van der Waals surface area contributed by atoms with Gasteiger partial charge in [-0.05, 0) is 12.8 Å². The zero-order valence-corrected chi connectivity index (χ0v) is 10.0. The largest absolute Gasteiger partial charge is 0.394 e. The summed E-state index contributed by atoms with van der Waals surface area (Å²) in [4.78, 5) is 0. The first-order chi connectivity index (χ1) is 5.81. The Morgan fingerprint density at radius 3 is 1.62 bits per heavy atom. The maximum Gasteiger partial charge on any atom is 0.394 e. The van der Waals surface area contributed by atoms with Crippen LogP contribution in [0.25, 0.3) is 0 Å². The lowest BCUT2D eigenvalue weighted by atomic mass is 10.2. The standard InChI is InChI=1S/C7H11I.H2O4S/c1-3-5-7(8)6-4-2;1-5(2,3)4/h3-4,7H,1-2,5-6H2;(H2,1,2,3,4). The average Bonchev–Trinajstić information content (AvgIpc) is 1.84. The third-order valence-corrected chi connectivity index (χ3v) is 1.86. The second kappa shape index (κ2) is 8.67. The van der Waals surface area contributed by atoms with Crippen LogP contribution >= 0.6 is 22.6 Å². The van der Waals surface area contributed by atoms with Crippen molar-refractivity contribution < 1.29 is 17.5 Å². The molecule has 0 aromatic heterocycles. The Bertz CT molecular complexity index is 217. The van der Waals surface area contributed by atoms with Crippen molar-refractivity contribution in [1.82, 2.24) is 0 Å². The van der Waals surface area contributed by atoms with Crippen molar-refractivity contribution >= 4 is 33.0 Å². The number of alkyl halides is 1. The summed E-state index contributed by atoms with van der Waals surface area (Å²) < 4.78 is 32.3. The molecule has 0 aromatic carbocycles. The molecule has 0 saturated carbocycles. The van der Waals surface area contributed by atoms with Crippen molar-refractivity contribution in [2.45, 2.75) is 16.8 Å². The quantitative estimate of drug-likeness (QED) is 0.361. The van der Waals surface area contributed by atoms with Crippen LogP contribution in [0.4, 0.5) is 0 Å². The Kier molecular flexibility index (Phi) is 10.4. The van der Waals surface area contributed by atoms with Crippen LogP contribution in [0.5, 0.6) is 0 Å². The van der Waals surface area contributed by atoms with Crippen LogP contribution in [0, 0.1) is 0 Å². The predicted molar refractivity (Wildman–Crippen MR) is 61.6 cm³/mol. The van der Waals surface area contributed by atoms with E-state index in [0.717, 1.165) is 12.8 Å². The smallest absolute Gasteiger partial charge is 0.264 e. The lowest BCUT2D eigenvalue weighted by Gasteiger charge is -1.99. The summed E-state index contributed by atoms with van der Waals surface area (Å²) in [6.45, 7) is 7.29. The van der Waals surface area contributed by atoms with Crippen LogP contribution in [-0.2, 0) is 10.4 Å². The molecular formula is C7H13IO4S. The third kappa shape index (κ3) is 33.2. The van der Waals surface area contributed by atoms with Gasteiger partial charge in [0, 0.05) is 3.92 Å². The van der Waals surface area contributed by atoms with Crippen LogP contribution in [0.2, 0.25) is 0 Å². The van der Waals surface area contributed by atoms with E-state index in [0.29, 0.717) is 3.92 Å². The first-order valence-electron chi connectivity index (χ1n) is 3.37. The molecule has 4 nitrogen and oxygen atoms in total. The monoisotopic (exact) mass is 320 g/mol. The van der Waals surface area contributed by atoms with Gasteiger partial charge in [0.25, 0.3) is 0 Å². The molecule has 0 heterocycles. The average molecular weight is 320 g/mol. The molecule has 0 aliphatic carbocycles. The third-order valence-electron chi connectivity index (χ3n) is 0.845. The molecule has 0 fully saturated rings. The molecule has 0 amide bonds. The summed E-state index contributed by atoms with van der Waals surface area (Å²) in [6.07, 6.45) is 6.07. The molecule has 0 aromatic rings. The lowest BCUT2D eigenvalue weighted by Crippen LogP contribution is -1.90. The van der Waals surface area contributed by atoms with Gasteiger partial charge in [-0.1, -0.05) is 34.7 Å². The normalized spacial score (nSPS) is 10.2. The molecule has 0 unspecified atom stereocenters. The van der Waals surface area contributed by atoms with Crippen molar-refractivity contribution in [3.05, 3.63) is 25.3 Å². The van der Waals surface area contributed by atoms with E-state index in [1.165, 1.54) is 0 Å². The van der Waals surface area contributed by atoms with E-state index in [4.69, 9.17) is 17.5 Å². The first kappa shape index (κ1) is 15.5. The van der Waals surface area contributed by atoms with Crippen LogP contribution in [0.3, 0.4) is 0 Å². The SMILES string of the molecule is C=CCC(I)CC=C.O=S(=O)(O)O. The van der Waals surface area contributed by atoms with Gasteiger partial charge in [-0.15, -0.1) is 13.2 Å². The molecule has 2 N–H and O–H groups in total. The molecule has 0 aliphatic rings. The van der Waals surface area contributed by atoms with Crippen LogP contribution in [0.15, 0.2) is 25.3 Å². The second-order valence-corrected chi connectivity index (χ2v) is 4.75. The van der Waals surface area contributed by atoms with Gasteiger partial charge in [-0.25, -0.2) is 0 Å². The summed E-state index contributed by atoms with van der Waals surface area (Å²) in [5.41, 5.74) is 0. The van der Waals surface area contributed by atoms with Gasteiger partial charge >= 0.3 is 10.4 Å². The van der Waals surface area contributed by atoms with Gasteiger partial charge in [-0.2, -0.15) is 8.42 Å². The van der Waals surface area contributed by atoms with Crippen molar-refractivity contribution in [3.63, 3.8) is 0 Å². The molecule has 0 radical (unpaired) electrons. The fraction of sp³-hybridized carbons (Fsp3) is 0.429. The topological polar surface area (TPSA) is 74.6 Å². The van der Waals surface area contributed by atoms with E-state index in [1.54, 1.807) is 0 Å². The van der Waals surface area contributed by atoms with Gasteiger partial charge < -0.3 is 0 Å².